The van der Waals surface area contributed by atoms with Crippen LogP contribution in [0.5, 0.6) is 0 Å². The fourth-order valence-electron chi connectivity index (χ4n) is 3.85. The van der Waals surface area contributed by atoms with Gasteiger partial charge in [0.05, 0.1) is 4.90 Å². The molecule has 2 aromatic rings. The first-order valence-electron chi connectivity index (χ1n) is 9.82. The largest absolute Gasteiger partial charge is 0.326 e. The fourth-order valence-corrected chi connectivity index (χ4v) is 5.37. The first-order chi connectivity index (χ1) is 13.8. The number of urea groups is 1. The number of amides is 2. The minimum Gasteiger partial charge on any atom is -0.308 e. The van der Waals surface area contributed by atoms with Crippen LogP contribution < -0.4 is 10.2 Å². The molecule has 4 rings (SSSR count). The lowest BCUT2D eigenvalue weighted by Gasteiger charge is -2.29. The van der Waals surface area contributed by atoms with E-state index in [2.05, 4.69) is 12.2 Å². The van der Waals surface area contributed by atoms with Crippen molar-refractivity contribution in [1.29, 1.82) is 0 Å². The van der Waals surface area contributed by atoms with E-state index in [1.807, 2.05) is 0 Å². The summed E-state index contributed by atoms with van der Waals surface area (Å²) in [7, 11) is -3.52. The Labute approximate surface area is 170 Å². The first-order valence-corrected chi connectivity index (χ1v) is 11.3. The van der Waals surface area contributed by atoms with Crippen LogP contribution in [0.4, 0.5) is 20.6 Å². The number of benzene rings is 2. The maximum absolute atomic E-state index is 13.0. The lowest BCUT2D eigenvalue weighted by molar-refractivity contribution is 0.257. The third-order valence-corrected chi connectivity index (χ3v) is 7.56. The second-order valence-electron chi connectivity index (χ2n) is 7.72. The Bertz CT molecular complexity index is 1020. The summed E-state index contributed by atoms with van der Waals surface area (Å²) >= 11 is 0. The summed E-state index contributed by atoms with van der Waals surface area (Å²) in [4.78, 5) is 14.5. The smallest absolute Gasteiger partial charge is 0.308 e. The topological polar surface area (TPSA) is 69.7 Å². The summed E-state index contributed by atoms with van der Waals surface area (Å²) < 4.78 is 40.6. The quantitative estimate of drug-likeness (QED) is 0.825. The van der Waals surface area contributed by atoms with Crippen molar-refractivity contribution in [2.24, 2.45) is 5.92 Å². The minimum atomic E-state index is -3.52. The Hall–Kier alpha value is -2.45. The number of sulfonamides is 1. The fraction of sp³-hybridized carbons (Fsp3) is 0.381. The average molecular weight is 418 g/mol. The molecule has 2 aliphatic heterocycles. The van der Waals surface area contributed by atoms with Crippen molar-refractivity contribution in [2.45, 2.75) is 31.1 Å². The SMILES string of the molecule is CC1CCN(S(=O)(=O)c2ccc3c(c2)CCN3C(=O)Nc2ccc(F)cc2)CC1. The summed E-state index contributed by atoms with van der Waals surface area (Å²) in [5.41, 5.74) is 2.05. The molecule has 29 heavy (non-hydrogen) atoms. The van der Waals surface area contributed by atoms with Crippen LogP contribution in [0, 0.1) is 11.7 Å². The van der Waals surface area contributed by atoms with Gasteiger partial charge in [-0.3, -0.25) is 4.90 Å². The predicted molar refractivity (Wildman–Crippen MR) is 110 cm³/mol. The van der Waals surface area contributed by atoms with Crippen molar-refractivity contribution in [3.05, 3.63) is 53.8 Å². The molecule has 0 atom stereocenters. The van der Waals surface area contributed by atoms with Gasteiger partial charge in [-0.05, 0) is 73.2 Å². The molecule has 8 heteroatoms. The maximum Gasteiger partial charge on any atom is 0.326 e. The van der Waals surface area contributed by atoms with E-state index in [-0.39, 0.29) is 16.7 Å². The van der Waals surface area contributed by atoms with E-state index >= 15 is 0 Å². The summed E-state index contributed by atoms with van der Waals surface area (Å²) in [6.07, 6.45) is 2.34. The Morgan fingerprint density at radius 1 is 1.07 bits per heavy atom. The molecule has 0 aliphatic carbocycles. The van der Waals surface area contributed by atoms with Crippen molar-refractivity contribution < 1.29 is 17.6 Å². The maximum atomic E-state index is 13.0. The number of hydrogen-bond donors (Lipinski definition) is 1. The van der Waals surface area contributed by atoms with Crippen molar-refractivity contribution in [2.75, 3.05) is 29.9 Å². The lowest BCUT2D eigenvalue weighted by Crippen LogP contribution is -2.37. The Balaban J connectivity index is 1.51. The van der Waals surface area contributed by atoms with Crippen LogP contribution in [0.2, 0.25) is 0 Å². The van der Waals surface area contributed by atoms with Gasteiger partial charge < -0.3 is 5.32 Å². The Kier molecular flexibility index (Phi) is 5.31. The van der Waals surface area contributed by atoms with Crippen LogP contribution in [0.1, 0.15) is 25.3 Å². The zero-order chi connectivity index (χ0) is 20.6. The van der Waals surface area contributed by atoms with Crippen LogP contribution >= 0.6 is 0 Å². The highest BCUT2D eigenvalue weighted by molar-refractivity contribution is 7.89. The van der Waals surface area contributed by atoms with Crippen molar-refractivity contribution in [1.82, 2.24) is 4.31 Å². The Morgan fingerprint density at radius 3 is 2.45 bits per heavy atom. The number of piperidine rings is 1. The van der Waals surface area contributed by atoms with E-state index in [0.717, 1.165) is 18.4 Å². The molecule has 1 N–H and O–H groups in total. The summed E-state index contributed by atoms with van der Waals surface area (Å²) in [5.74, 6) is 0.182. The number of carbonyl (C=O) groups is 1. The number of nitrogens with one attached hydrogen (secondary N) is 1. The normalized spacial score (nSPS) is 17.9. The highest BCUT2D eigenvalue weighted by Crippen LogP contribution is 2.32. The van der Waals surface area contributed by atoms with Crippen molar-refractivity contribution in [3.63, 3.8) is 0 Å². The zero-order valence-corrected chi connectivity index (χ0v) is 17.1. The van der Waals surface area contributed by atoms with Crippen LogP contribution in [0.3, 0.4) is 0 Å². The lowest BCUT2D eigenvalue weighted by atomic mass is 10.0. The van der Waals surface area contributed by atoms with Gasteiger partial charge in [-0.1, -0.05) is 6.92 Å². The molecule has 0 bridgehead atoms. The predicted octanol–water partition coefficient (Wildman–Crippen LogP) is 3.84. The molecule has 0 aromatic heterocycles. The summed E-state index contributed by atoms with van der Waals surface area (Å²) in [6.45, 7) is 3.71. The molecular formula is C21H24FN3O3S. The van der Waals surface area contributed by atoms with E-state index in [0.29, 0.717) is 43.3 Å². The highest BCUT2D eigenvalue weighted by atomic mass is 32.2. The monoisotopic (exact) mass is 417 g/mol. The summed E-state index contributed by atoms with van der Waals surface area (Å²) in [6, 6.07) is 10.2. The zero-order valence-electron chi connectivity index (χ0n) is 16.3. The van der Waals surface area contributed by atoms with E-state index in [1.54, 1.807) is 27.4 Å². The van der Waals surface area contributed by atoms with Crippen LogP contribution in [-0.2, 0) is 16.4 Å². The van der Waals surface area contributed by atoms with Gasteiger partial charge in [-0.2, -0.15) is 4.31 Å². The van der Waals surface area contributed by atoms with Crippen LogP contribution in [0.15, 0.2) is 47.4 Å². The molecular weight excluding hydrogens is 393 g/mol. The minimum absolute atomic E-state index is 0.284. The number of carbonyl (C=O) groups excluding carboxylic acids is 1. The van der Waals surface area contributed by atoms with Gasteiger partial charge in [0, 0.05) is 31.0 Å². The van der Waals surface area contributed by atoms with E-state index < -0.39 is 10.0 Å². The van der Waals surface area contributed by atoms with Gasteiger partial charge in [0.15, 0.2) is 0 Å². The van der Waals surface area contributed by atoms with Gasteiger partial charge in [0.2, 0.25) is 10.0 Å². The van der Waals surface area contributed by atoms with Gasteiger partial charge in [-0.15, -0.1) is 0 Å². The molecule has 1 saturated heterocycles. The van der Waals surface area contributed by atoms with Gasteiger partial charge in [-0.25, -0.2) is 17.6 Å². The first kappa shape index (κ1) is 19.8. The third kappa shape index (κ3) is 4.00. The molecule has 0 spiro atoms. The number of anilines is 2. The summed E-state index contributed by atoms with van der Waals surface area (Å²) in [5, 5.41) is 2.75. The molecule has 0 unspecified atom stereocenters. The Morgan fingerprint density at radius 2 is 1.76 bits per heavy atom. The molecule has 0 saturated carbocycles. The molecule has 154 valence electrons. The van der Waals surface area contributed by atoms with Crippen molar-refractivity contribution in [3.8, 4) is 0 Å². The second-order valence-corrected chi connectivity index (χ2v) is 9.65. The molecule has 6 nitrogen and oxygen atoms in total. The molecule has 2 aliphatic rings. The van der Waals surface area contributed by atoms with Gasteiger partial charge >= 0.3 is 6.03 Å². The molecule has 0 radical (unpaired) electrons. The highest BCUT2D eigenvalue weighted by Gasteiger charge is 2.31. The number of nitrogens with zero attached hydrogens (tertiary/aromatic N) is 2. The number of rotatable bonds is 3. The van der Waals surface area contributed by atoms with Crippen LogP contribution in [0.25, 0.3) is 0 Å². The van der Waals surface area contributed by atoms with E-state index in [1.165, 1.54) is 24.3 Å². The third-order valence-electron chi connectivity index (χ3n) is 5.67. The van der Waals surface area contributed by atoms with E-state index in [4.69, 9.17) is 0 Å². The van der Waals surface area contributed by atoms with Crippen LogP contribution in [-0.4, -0.2) is 38.4 Å². The second kappa shape index (κ2) is 7.76. The molecule has 2 amide bonds. The number of fused-ring (bicyclic) bond motifs is 1. The molecule has 2 aromatic carbocycles. The molecule has 2 heterocycles. The van der Waals surface area contributed by atoms with E-state index in [9.17, 15) is 17.6 Å². The van der Waals surface area contributed by atoms with Gasteiger partial charge in [0.1, 0.15) is 5.82 Å². The number of halogens is 1. The molecule has 1 fully saturated rings. The number of hydrogen-bond acceptors (Lipinski definition) is 3. The van der Waals surface area contributed by atoms with Crippen molar-refractivity contribution >= 4 is 27.4 Å². The standard InChI is InChI=1S/C21H24FN3O3S/c1-15-8-11-24(12-9-15)29(27,28)19-6-7-20-16(14-19)10-13-25(20)21(26)23-18-4-2-17(22)3-5-18/h2-7,14-15H,8-13H2,1H3,(H,23,26). The van der Waals surface area contributed by atoms with Gasteiger partial charge in [0.25, 0.3) is 0 Å². The average Bonchev–Trinajstić information content (AvgIpc) is 3.13.